The van der Waals surface area contributed by atoms with Gasteiger partial charge < -0.3 is 9.30 Å². The number of hydrogen-bond acceptors (Lipinski definition) is 3. The Morgan fingerprint density at radius 1 is 1.07 bits per heavy atom. The standard InChI is InChI=1S/C25H26N2O2/c1-29-22-8-7-20-14-24-25(28)21(17-27(24)23(20)15-22)13-18-9-11-26(12-10-18)16-19-5-3-2-4-6-19/h2-8,13-15,18H,9-12,16-17H2,1H3. The van der Waals surface area contributed by atoms with Gasteiger partial charge in [-0.1, -0.05) is 36.4 Å². The lowest BCUT2D eigenvalue weighted by Crippen LogP contribution is -2.32. The van der Waals surface area contributed by atoms with Crippen LogP contribution >= 0.6 is 0 Å². The van der Waals surface area contributed by atoms with Crippen molar-refractivity contribution < 1.29 is 9.53 Å². The number of hydrogen-bond donors (Lipinski definition) is 0. The first-order valence-corrected chi connectivity index (χ1v) is 10.4. The monoisotopic (exact) mass is 386 g/mol. The maximum atomic E-state index is 13.0. The van der Waals surface area contributed by atoms with Crippen LogP contribution in [0.1, 0.15) is 28.9 Å². The number of allylic oxidation sites excluding steroid dienone is 2. The molecule has 4 heteroatoms. The molecule has 3 aromatic rings. The highest BCUT2D eigenvalue weighted by molar-refractivity contribution is 6.12. The lowest BCUT2D eigenvalue weighted by atomic mass is 9.93. The van der Waals surface area contributed by atoms with Crippen molar-refractivity contribution >= 4 is 16.7 Å². The Morgan fingerprint density at radius 2 is 1.86 bits per heavy atom. The summed E-state index contributed by atoms with van der Waals surface area (Å²) < 4.78 is 7.50. The van der Waals surface area contributed by atoms with E-state index in [1.165, 1.54) is 5.56 Å². The van der Waals surface area contributed by atoms with Crippen LogP contribution in [0.15, 0.2) is 66.2 Å². The second-order valence-corrected chi connectivity index (χ2v) is 8.16. The van der Waals surface area contributed by atoms with E-state index in [-0.39, 0.29) is 5.78 Å². The lowest BCUT2D eigenvalue weighted by molar-refractivity contribution is 0.103. The van der Waals surface area contributed by atoms with Crippen LogP contribution in [0.5, 0.6) is 5.75 Å². The molecular formula is C25H26N2O2. The molecule has 2 aliphatic rings. The SMILES string of the molecule is COc1ccc2cc3n(c2c1)CC(=CC1CCN(Cc2ccccc2)CC1)C3=O. The van der Waals surface area contributed by atoms with Crippen molar-refractivity contribution in [2.75, 3.05) is 20.2 Å². The van der Waals surface area contributed by atoms with E-state index >= 15 is 0 Å². The van der Waals surface area contributed by atoms with Gasteiger partial charge in [0.25, 0.3) is 0 Å². The first kappa shape index (κ1) is 18.2. The highest BCUT2D eigenvalue weighted by atomic mass is 16.5. The number of ether oxygens (including phenoxy) is 1. The Labute approximate surface area is 171 Å². The van der Waals surface area contributed by atoms with E-state index < -0.39 is 0 Å². The van der Waals surface area contributed by atoms with Crippen molar-refractivity contribution in [2.24, 2.45) is 5.92 Å². The number of rotatable bonds is 4. The van der Waals surface area contributed by atoms with Gasteiger partial charge in [-0.05, 0) is 55.6 Å². The van der Waals surface area contributed by atoms with Crippen LogP contribution in [0.2, 0.25) is 0 Å². The van der Waals surface area contributed by atoms with Crippen molar-refractivity contribution in [3.63, 3.8) is 0 Å². The molecule has 5 rings (SSSR count). The molecule has 1 aromatic heterocycles. The third-order valence-corrected chi connectivity index (χ3v) is 6.28. The van der Waals surface area contributed by atoms with Crippen LogP contribution in [0.4, 0.5) is 0 Å². The number of nitrogens with zero attached hydrogens (tertiary/aromatic N) is 2. The van der Waals surface area contributed by atoms with Gasteiger partial charge in [0, 0.05) is 23.6 Å². The Hall–Kier alpha value is -2.85. The highest BCUT2D eigenvalue weighted by Gasteiger charge is 2.28. The number of aromatic nitrogens is 1. The van der Waals surface area contributed by atoms with E-state index in [1.807, 2.05) is 24.3 Å². The molecule has 148 valence electrons. The third kappa shape index (κ3) is 3.49. The van der Waals surface area contributed by atoms with Crippen LogP contribution in [-0.4, -0.2) is 35.4 Å². The summed E-state index contributed by atoms with van der Waals surface area (Å²) in [7, 11) is 1.68. The van der Waals surface area contributed by atoms with Crippen molar-refractivity contribution in [3.8, 4) is 5.75 Å². The van der Waals surface area contributed by atoms with Gasteiger partial charge in [0.05, 0.1) is 24.9 Å². The number of likely N-dealkylation sites (tertiary alicyclic amines) is 1. The fraction of sp³-hybridized carbons (Fsp3) is 0.320. The Bertz CT molecular complexity index is 1070. The van der Waals surface area contributed by atoms with Crippen LogP contribution in [0, 0.1) is 5.92 Å². The van der Waals surface area contributed by atoms with Gasteiger partial charge in [0.2, 0.25) is 5.78 Å². The largest absolute Gasteiger partial charge is 0.497 e. The number of piperidine rings is 1. The molecule has 0 spiro atoms. The summed E-state index contributed by atoms with van der Waals surface area (Å²) in [5.74, 6) is 1.51. The van der Waals surface area contributed by atoms with Crippen molar-refractivity contribution in [2.45, 2.75) is 25.9 Å². The summed E-state index contributed by atoms with van der Waals surface area (Å²) in [4.78, 5) is 15.5. The van der Waals surface area contributed by atoms with Crippen LogP contribution in [0.3, 0.4) is 0 Å². The molecule has 2 aliphatic heterocycles. The first-order valence-electron chi connectivity index (χ1n) is 10.4. The quantitative estimate of drug-likeness (QED) is 0.611. The predicted octanol–water partition coefficient (Wildman–Crippen LogP) is 4.68. The average molecular weight is 386 g/mol. The Kier molecular flexibility index (Phi) is 4.72. The maximum absolute atomic E-state index is 13.0. The molecule has 29 heavy (non-hydrogen) atoms. The van der Waals surface area contributed by atoms with Gasteiger partial charge in [0.15, 0.2) is 0 Å². The third-order valence-electron chi connectivity index (χ3n) is 6.28. The van der Waals surface area contributed by atoms with Crippen LogP contribution < -0.4 is 4.74 Å². The summed E-state index contributed by atoms with van der Waals surface area (Å²) in [6, 6.07) is 18.7. The maximum Gasteiger partial charge on any atom is 0.206 e. The molecule has 3 heterocycles. The van der Waals surface area contributed by atoms with Gasteiger partial charge in [-0.25, -0.2) is 0 Å². The Balaban J connectivity index is 1.27. The topological polar surface area (TPSA) is 34.5 Å². The smallest absolute Gasteiger partial charge is 0.206 e. The highest BCUT2D eigenvalue weighted by Crippen LogP contribution is 2.32. The molecule has 4 nitrogen and oxygen atoms in total. The van der Waals surface area contributed by atoms with Crippen LogP contribution in [0.25, 0.3) is 10.9 Å². The van der Waals surface area contributed by atoms with Gasteiger partial charge in [0.1, 0.15) is 5.75 Å². The zero-order chi connectivity index (χ0) is 19.8. The van der Waals surface area contributed by atoms with Crippen molar-refractivity contribution in [1.29, 1.82) is 0 Å². The van der Waals surface area contributed by atoms with Gasteiger partial charge in [-0.2, -0.15) is 0 Å². The zero-order valence-electron chi connectivity index (χ0n) is 16.8. The number of benzene rings is 2. The number of fused-ring (bicyclic) bond motifs is 3. The minimum atomic E-state index is 0.187. The molecule has 0 saturated carbocycles. The second-order valence-electron chi connectivity index (χ2n) is 8.16. The minimum Gasteiger partial charge on any atom is -0.497 e. The second kappa shape index (κ2) is 7.53. The molecular weight excluding hydrogens is 360 g/mol. The molecule has 0 atom stereocenters. The van der Waals surface area contributed by atoms with E-state index in [1.54, 1.807) is 7.11 Å². The summed E-state index contributed by atoms with van der Waals surface area (Å²) in [6.07, 6.45) is 4.49. The number of methoxy groups -OCH3 is 1. The first-order chi connectivity index (χ1) is 14.2. The van der Waals surface area contributed by atoms with Crippen molar-refractivity contribution in [1.82, 2.24) is 9.47 Å². The summed E-state index contributed by atoms with van der Waals surface area (Å²) in [6.45, 7) is 3.87. The number of carbonyl (C=O) groups excluding carboxylic acids is 1. The number of ketones is 1. The normalized spacial score (nSPS) is 19.2. The fourth-order valence-corrected chi connectivity index (χ4v) is 4.66. The number of Topliss-reactive ketones (excluding diaryl/α,β-unsaturated/α-hetero) is 1. The zero-order valence-corrected chi connectivity index (χ0v) is 16.8. The van der Waals surface area contributed by atoms with E-state index in [0.29, 0.717) is 12.5 Å². The molecule has 0 N–H and O–H groups in total. The molecule has 0 radical (unpaired) electrons. The lowest BCUT2D eigenvalue weighted by Gasteiger charge is -2.30. The minimum absolute atomic E-state index is 0.187. The van der Waals surface area contributed by atoms with Gasteiger partial charge in [-0.15, -0.1) is 0 Å². The molecule has 0 unspecified atom stereocenters. The van der Waals surface area contributed by atoms with E-state index in [4.69, 9.17) is 4.74 Å². The fourth-order valence-electron chi connectivity index (χ4n) is 4.66. The molecule has 1 fully saturated rings. The van der Waals surface area contributed by atoms with Gasteiger partial charge >= 0.3 is 0 Å². The summed E-state index contributed by atoms with van der Waals surface area (Å²) >= 11 is 0. The molecule has 0 aliphatic carbocycles. The van der Waals surface area contributed by atoms with E-state index in [9.17, 15) is 4.79 Å². The van der Waals surface area contributed by atoms with Crippen LogP contribution in [-0.2, 0) is 13.1 Å². The predicted molar refractivity (Wildman–Crippen MR) is 115 cm³/mol. The molecule has 0 bridgehead atoms. The van der Waals surface area contributed by atoms with E-state index in [2.05, 4.69) is 45.9 Å². The molecule has 0 amide bonds. The van der Waals surface area contributed by atoms with Crippen molar-refractivity contribution in [3.05, 3.63) is 77.5 Å². The van der Waals surface area contributed by atoms with E-state index in [0.717, 1.165) is 60.4 Å². The van der Waals surface area contributed by atoms with Gasteiger partial charge in [-0.3, -0.25) is 9.69 Å². The summed E-state index contributed by atoms with van der Waals surface area (Å²) in [5.41, 5.74) is 4.21. The average Bonchev–Trinajstić information content (AvgIpc) is 3.26. The molecule has 1 saturated heterocycles. The molecule has 2 aromatic carbocycles. The summed E-state index contributed by atoms with van der Waals surface area (Å²) in [5, 5.41) is 1.10. The number of carbonyl (C=O) groups is 1. The Morgan fingerprint density at radius 3 is 2.62 bits per heavy atom.